The molecule has 0 atom stereocenters. The van der Waals surface area contributed by atoms with Crippen LogP contribution in [0.5, 0.6) is 0 Å². The number of carbonyl (C=O) groups excluding carboxylic acids is 1. The summed E-state index contributed by atoms with van der Waals surface area (Å²) in [6, 6.07) is 25.2. The van der Waals surface area contributed by atoms with Crippen molar-refractivity contribution in [2.75, 3.05) is 16.4 Å². The van der Waals surface area contributed by atoms with Crippen molar-refractivity contribution in [2.24, 2.45) is 0 Å². The summed E-state index contributed by atoms with van der Waals surface area (Å²) in [5.74, 6) is -0.0195. The molecule has 0 saturated heterocycles. The molecule has 1 amide bonds. The summed E-state index contributed by atoms with van der Waals surface area (Å²) in [5.41, 5.74) is 8.36. The van der Waals surface area contributed by atoms with Gasteiger partial charge in [-0.2, -0.15) is 20.2 Å². The number of hydrogen-bond acceptors (Lipinski definition) is 7. The third-order valence-electron chi connectivity index (χ3n) is 4.62. The van der Waals surface area contributed by atoms with Gasteiger partial charge in [0.25, 0.3) is 5.91 Å². The fourth-order valence-electron chi connectivity index (χ4n) is 3.08. The van der Waals surface area contributed by atoms with Gasteiger partial charge in [0.05, 0.1) is 16.2 Å². The number of allylic oxidation sites excluding steroid dienone is 1. The molecule has 0 saturated carbocycles. The lowest BCUT2D eigenvalue weighted by Gasteiger charge is -2.08. The number of anilines is 4. The third kappa shape index (κ3) is 5.54. The van der Waals surface area contributed by atoms with Gasteiger partial charge in [0, 0.05) is 11.4 Å². The van der Waals surface area contributed by atoms with Crippen LogP contribution in [0.15, 0.2) is 78.9 Å². The molecule has 166 valence electrons. The van der Waals surface area contributed by atoms with Crippen LogP contribution in [0.2, 0.25) is 5.02 Å². The smallest absolute Gasteiger partial charge is 0.257 e. The van der Waals surface area contributed by atoms with E-state index in [1.54, 1.807) is 54.6 Å². The normalized spacial score (nSPS) is 10.9. The molecule has 1 heterocycles. The van der Waals surface area contributed by atoms with E-state index in [4.69, 9.17) is 17.3 Å². The fraction of sp³-hybridized carbons (Fsp3) is 0. The molecule has 0 aliphatic heterocycles. The number of hydrogen-bond donors (Lipinski definition) is 3. The molecule has 0 aliphatic carbocycles. The van der Waals surface area contributed by atoms with E-state index in [0.717, 1.165) is 5.69 Å². The topological polar surface area (TPSA) is 130 Å². The number of nitrogens with one attached hydrogen (secondary N) is 2. The molecule has 0 bridgehead atoms. The summed E-state index contributed by atoms with van der Waals surface area (Å²) in [6.07, 6.45) is 1.60. The highest BCUT2D eigenvalue weighted by Crippen LogP contribution is 2.21. The number of benzene rings is 3. The lowest BCUT2D eigenvalue weighted by atomic mass is 10.1. The van der Waals surface area contributed by atoms with Gasteiger partial charge in [0.2, 0.25) is 11.9 Å². The Hall–Kier alpha value is -4.74. The molecular formula is C25H18ClN7O. The molecule has 4 aromatic rings. The van der Waals surface area contributed by atoms with Crippen LogP contribution in [0.4, 0.5) is 23.3 Å². The summed E-state index contributed by atoms with van der Waals surface area (Å²) in [6.45, 7) is 0. The molecule has 1 aromatic heterocycles. The van der Waals surface area contributed by atoms with E-state index in [1.165, 1.54) is 0 Å². The Labute approximate surface area is 200 Å². The van der Waals surface area contributed by atoms with Crippen LogP contribution in [0.25, 0.3) is 11.6 Å². The predicted molar refractivity (Wildman–Crippen MR) is 133 cm³/mol. The van der Waals surface area contributed by atoms with Crippen molar-refractivity contribution in [1.82, 2.24) is 15.0 Å². The number of carbonyl (C=O) groups is 1. The number of halogens is 1. The monoisotopic (exact) mass is 467 g/mol. The van der Waals surface area contributed by atoms with Gasteiger partial charge in [0.1, 0.15) is 6.07 Å². The molecule has 34 heavy (non-hydrogen) atoms. The SMILES string of the molecule is N#C/C(=C\c1cccc(NC(=O)c2ccccc2Cl)c1)c1nc(N)nc(Nc2ccccc2)n1. The van der Waals surface area contributed by atoms with Crippen LogP contribution in [0.1, 0.15) is 21.7 Å². The minimum absolute atomic E-state index is 0.0228. The van der Waals surface area contributed by atoms with Crippen LogP contribution < -0.4 is 16.4 Å². The van der Waals surface area contributed by atoms with E-state index >= 15 is 0 Å². The zero-order valence-electron chi connectivity index (χ0n) is 17.7. The molecule has 9 heteroatoms. The number of nitrogens with two attached hydrogens (primary N) is 1. The van der Waals surface area contributed by atoms with Crippen LogP contribution in [0, 0.1) is 11.3 Å². The van der Waals surface area contributed by atoms with E-state index in [1.807, 2.05) is 30.3 Å². The molecule has 0 spiro atoms. The molecule has 0 radical (unpaired) electrons. The standard InChI is InChI=1S/C25H18ClN7O/c26-21-12-5-4-11-20(21)23(34)29-19-10-6-7-16(14-19)13-17(15-27)22-31-24(28)33-25(32-22)30-18-8-2-1-3-9-18/h1-14H,(H,29,34)(H3,28,30,31,32,33)/b17-13+. The molecular weight excluding hydrogens is 450 g/mol. The lowest BCUT2D eigenvalue weighted by molar-refractivity contribution is 0.102. The van der Waals surface area contributed by atoms with Crippen molar-refractivity contribution in [3.05, 3.63) is 101 Å². The van der Waals surface area contributed by atoms with Gasteiger partial charge in [-0.3, -0.25) is 4.79 Å². The number of nitriles is 1. The minimum atomic E-state index is -0.339. The van der Waals surface area contributed by atoms with Crippen LogP contribution in [0.3, 0.4) is 0 Å². The Morgan fingerprint density at radius 2 is 1.68 bits per heavy atom. The molecule has 3 aromatic carbocycles. The molecule has 0 aliphatic rings. The predicted octanol–water partition coefficient (Wildman–Crippen LogP) is 5.17. The Balaban J connectivity index is 1.59. The van der Waals surface area contributed by atoms with Crippen LogP contribution in [-0.2, 0) is 0 Å². The van der Waals surface area contributed by atoms with E-state index in [9.17, 15) is 10.1 Å². The highest BCUT2D eigenvalue weighted by atomic mass is 35.5. The van der Waals surface area contributed by atoms with Gasteiger partial charge in [-0.25, -0.2) is 0 Å². The van der Waals surface area contributed by atoms with Gasteiger partial charge in [-0.1, -0.05) is 54.1 Å². The van der Waals surface area contributed by atoms with Crippen LogP contribution >= 0.6 is 11.6 Å². The maximum absolute atomic E-state index is 12.6. The number of nitrogen functional groups attached to an aromatic ring is 1. The zero-order valence-corrected chi connectivity index (χ0v) is 18.5. The first-order chi connectivity index (χ1) is 16.5. The van der Waals surface area contributed by atoms with E-state index in [2.05, 4.69) is 31.7 Å². The van der Waals surface area contributed by atoms with Crippen molar-refractivity contribution in [3.8, 4) is 6.07 Å². The third-order valence-corrected chi connectivity index (χ3v) is 4.95. The number of rotatable bonds is 6. The largest absolute Gasteiger partial charge is 0.368 e. The second-order valence-corrected chi connectivity index (χ2v) is 7.47. The van der Waals surface area contributed by atoms with Gasteiger partial charge < -0.3 is 16.4 Å². The Morgan fingerprint density at radius 3 is 2.44 bits per heavy atom. The highest BCUT2D eigenvalue weighted by molar-refractivity contribution is 6.34. The number of amides is 1. The van der Waals surface area contributed by atoms with E-state index < -0.39 is 0 Å². The number of para-hydroxylation sites is 1. The summed E-state index contributed by atoms with van der Waals surface area (Å²) < 4.78 is 0. The first-order valence-corrected chi connectivity index (χ1v) is 10.5. The van der Waals surface area contributed by atoms with Gasteiger partial charge >= 0.3 is 0 Å². The van der Waals surface area contributed by atoms with Crippen molar-refractivity contribution in [3.63, 3.8) is 0 Å². The molecule has 4 N–H and O–H groups in total. The van der Waals surface area contributed by atoms with E-state index in [0.29, 0.717) is 21.8 Å². The molecule has 0 fully saturated rings. The minimum Gasteiger partial charge on any atom is -0.368 e. The van der Waals surface area contributed by atoms with Crippen molar-refractivity contribution < 1.29 is 4.79 Å². The van der Waals surface area contributed by atoms with Gasteiger partial charge in [-0.05, 0) is 48.0 Å². The quantitative estimate of drug-likeness (QED) is 0.333. The van der Waals surface area contributed by atoms with Crippen LogP contribution in [-0.4, -0.2) is 20.9 Å². The Morgan fingerprint density at radius 1 is 0.941 bits per heavy atom. The number of aromatic nitrogens is 3. The van der Waals surface area contributed by atoms with Gasteiger partial charge in [0.15, 0.2) is 5.82 Å². The maximum atomic E-state index is 12.6. The maximum Gasteiger partial charge on any atom is 0.257 e. The first-order valence-electron chi connectivity index (χ1n) is 10.1. The first kappa shape index (κ1) is 22.5. The zero-order chi connectivity index (χ0) is 23.9. The Kier molecular flexibility index (Phi) is 6.77. The average molecular weight is 468 g/mol. The second-order valence-electron chi connectivity index (χ2n) is 7.06. The summed E-state index contributed by atoms with van der Waals surface area (Å²) in [5, 5.41) is 15.9. The Bertz CT molecular complexity index is 1410. The number of nitrogens with zero attached hydrogens (tertiary/aromatic N) is 4. The van der Waals surface area contributed by atoms with E-state index in [-0.39, 0.29) is 29.2 Å². The molecule has 0 unspecified atom stereocenters. The summed E-state index contributed by atoms with van der Waals surface area (Å²) >= 11 is 6.11. The molecule has 4 rings (SSSR count). The summed E-state index contributed by atoms with van der Waals surface area (Å²) in [7, 11) is 0. The summed E-state index contributed by atoms with van der Waals surface area (Å²) in [4.78, 5) is 25.1. The average Bonchev–Trinajstić information content (AvgIpc) is 2.83. The van der Waals surface area contributed by atoms with Crippen molar-refractivity contribution in [1.29, 1.82) is 5.26 Å². The van der Waals surface area contributed by atoms with Crippen molar-refractivity contribution in [2.45, 2.75) is 0 Å². The highest BCUT2D eigenvalue weighted by Gasteiger charge is 2.12. The fourth-order valence-corrected chi connectivity index (χ4v) is 3.30. The van der Waals surface area contributed by atoms with Crippen molar-refractivity contribution >= 4 is 52.4 Å². The van der Waals surface area contributed by atoms with Gasteiger partial charge in [-0.15, -0.1) is 0 Å². The second kappa shape index (κ2) is 10.3. The molecule has 8 nitrogen and oxygen atoms in total. The lowest BCUT2D eigenvalue weighted by Crippen LogP contribution is -2.12.